The zero-order chi connectivity index (χ0) is 14.5. The van der Waals surface area contributed by atoms with E-state index in [1.54, 1.807) is 43.3 Å². The summed E-state index contributed by atoms with van der Waals surface area (Å²) < 4.78 is 0. The van der Waals surface area contributed by atoms with Gasteiger partial charge in [-0.15, -0.1) is 0 Å². The van der Waals surface area contributed by atoms with Crippen LogP contribution in [0.25, 0.3) is 0 Å². The summed E-state index contributed by atoms with van der Waals surface area (Å²) in [5.74, 6) is 0.261. The fourth-order valence-electron chi connectivity index (χ4n) is 1.85. The minimum atomic E-state index is -0.0164. The molecule has 0 aromatic heterocycles. The van der Waals surface area contributed by atoms with E-state index in [0.717, 1.165) is 11.3 Å². The molecule has 0 aliphatic rings. The van der Waals surface area contributed by atoms with Crippen molar-refractivity contribution in [3.8, 4) is 5.75 Å². The molecule has 4 heteroatoms. The summed E-state index contributed by atoms with van der Waals surface area (Å²) in [6, 6.07) is 14.5. The van der Waals surface area contributed by atoms with Crippen LogP contribution in [0.4, 0.5) is 5.69 Å². The number of para-hydroxylation sites is 1. The van der Waals surface area contributed by atoms with Crippen molar-refractivity contribution in [2.45, 2.75) is 6.54 Å². The smallest absolute Gasteiger partial charge is 0.253 e. The molecule has 0 aliphatic carbocycles. The number of carbonyl (C=O) groups excluding carboxylic acids is 1. The van der Waals surface area contributed by atoms with Crippen LogP contribution in [0.15, 0.2) is 48.5 Å². The van der Waals surface area contributed by atoms with Crippen molar-refractivity contribution in [2.24, 2.45) is 0 Å². The zero-order valence-corrected chi connectivity index (χ0v) is 11.6. The lowest BCUT2D eigenvalue weighted by atomic mass is 10.1. The lowest BCUT2D eigenvalue weighted by molar-refractivity contribution is 0.0827. The van der Waals surface area contributed by atoms with Crippen LogP contribution >= 0.6 is 0 Å². The van der Waals surface area contributed by atoms with Crippen LogP contribution in [-0.2, 0) is 6.54 Å². The van der Waals surface area contributed by atoms with E-state index < -0.39 is 0 Å². The maximum absolute atomic E-state index is 11.8. The van der Waals surface area contributed by atoms with Crippen molar-refractivity contribution in [1.29, 1.82) is 0 Å². The number of nitrogens with zero attached hydrogens (tertiary/aromatic N) is 1. The van der Waals surface area contributed by atoms with Crippen LogP contribution in [0.5, 0.6) is 5.75 Å². The molecule has 1 amide bonds. The van der Waals surface area contributed by atoms with Crippen LogP contribution in [-0.4, -0.2) is 30.0 Å². The van der Waals surface area contributed by atoms with E-state index in [2.05, 4.69) is 5.32 Å². The van der Waals surface area contributed by atoms with Gasteiger partial charge in [-0.3, -0.25) is 4.79 Å². The SMILES string of the molecule is CN(C)C(=O)c1ccc(NCc2ccccc2O)cc1. The predicted octanol–water partition coefficient (Wildman–Crippen LogP) is 2.71. The first-order chi connectivity index (χ1) is 9.58. The molecule has 0 saturated carbocycles. The van der Waals surface area contributed by atoms with Gasteiger partial charge in [-0.25, -0.2) is 0 Å². The van der Waals surface area contributed by atoms with Crippen molar-refractivity contribution in [1.82, 2.24) is 4.90 Å². The molecular weight excluding hydrogens is 252 g/mol. The molecule has 0 unspecified atom stereocenters. The Hall–Kier alpha value is -2.49. The van der Waals surface area contributed by atoms with Gasteiger partial charge in [-0.2, -0.15) is 0 Å². The predicted molar refractivity (Wildman–Crippen MR) is 79.9 cm³/mol. The Balaban J connectivity index is 2.01. The van der Waals surface area contributed by atoms with E-state index >= 15 is 0 Å². The molecule has 4 nitrogen and oxygen atoms in total. The third-order valence-electron chi connectivity index (χ3n) is 3.01. The molecule has 0 aliphatic heterocycles. The number of carbonyl (C=O) groups is 1. The Morgan fingerprint density at radius 2 is 1.75 bits per heavy atom. The number of phenols is 1. The summed E-state index contributed by atoms with van der Waals surface area (Å²) in [6.45, 7) is 0.535. The summed E-state index contributed by atoms with van der Waals surface area (Å²) in [6.07, 6.45) is 0. The summed E-state index contributed by atoms with van der Waals surface area (Å²) in [4.78, 5) is 13.3. The van der Waals surface area contributed by atoms with E-state index in [4.69, 9.17) is 0 Å². The number of aromatic hydroxyl groups is 1. The van der Waals surface area contributed by atoms with Crippen molar-refractivity contribution in [3.63, 3.8) is 0 Å². The first-order valence-corrected chi connectivity index (χ1v) is 6.40. The zero-order valence-electron chi connectivity index (χ0n) is 11.6. The van der Waals surface area contributed by atoms with Crippen molar-refractivity contribution in [2.75, 3.05) is 19.4 Å². The van der Waals surface area contributed by atoms with E-state index in [9.17, 15) is 9.90 Å². The molecule has 0 bridgehead atoms. The van der Waals surface area contributed by atoms with Gasteiger partial charge in [-0.1, -0.05) is 18.2 Å². The standard InChI is InChI=1S/C16H18N2O2/c1-18(2)16(20)12-7-9-14(10-8-12)17-11-13-5-3-4-6-15(13)19/h3-10,17,19H,11H2,1-2H3. The van der Waals surface area contributed by atoms with E-state index in [0.29, 0.717) is 12.1 Å². The number of phenolic OH excluding ortho intramolecular Hbond substituents is 1. The minimum absolute atomic E-state index is 0.0164. The summed E-state index contributed by atoms with van der Waals surface area (Å²) in [5.41, 5.74) is 2.40. The van der Waals surface area contributed by atoms with Gasteiger partial charge in [-0.05, 0) is 30.3 Å². The normalized spacial score (nSPS) is 10.1. The molecule has 0 spiro atoms. The number of hydrogen-bond acceptors (Lipinski definition) is 3. The van der Waals surface area contributed by atoms with Gasteiger partial charge in [0.2, 0.25) is 0 Å². The van der Waals surface area contributed by atoms with Crippen LogP contribution in [0.2, 0.25) is 0 Å². The van der Waals surface area contributed by atoms with Crippen LogP contribution in [0, 0.1) is 0 Å². The Morgan fingerprint density at radius 3 is 2.35 bits per heavy atom. The van der Waals surface area contributed by atoms with Crippen LogP contribution in [0.1, 0.15) is 15.9 Å². The fourth-order valence-corrected chi connectivity index (χ4v) is 1.85. The molecule has 104 valence electrons. The largest absolute Gasteiger partial charge is 0.508 e. The van der Waals surface area contributed by atoms with E-state index in [1.807, 2.05) is 24.3 Å². The first-order valence-electron chi connectivity index (χ1n) is 6.40. The second-order valence-corrected chi connectivity index (χ2v) is 4.76. The quantitative estimate of drug-likeness (QED) is 0.898. The molecular formula is C16H18N2O2. The van der Waals surface area contributed by atoms with Gasteiger partial charge in [0.1, 0.15) is 5.75 Å². The average molecular weight is 270 g/mol. The van der Waals surface area contributed by atoms with Crippen LogP contribution in [0.3, 0.4) is 0 Å². The van der Waals surface area contributed by atoms with Crippen molar-refractivity contribution in [3.05, 3.63) is 59.7 Å². The highest BCUT2D eigenvalue weighted by Crippen LogP contribution is 2.18. The molecule has 2 aromatic rings. The molecule has 0 fully saturated rings. The lowest BCUT2D eigenvalue weighted by Crippen LogP contribution is -2.21. The topological polar surface area (TPSA) is 52.6 Å². The van der Waals surface area contributed by atoms with Gasteiger partial charge < -0.3 is 15.3 Å². The number of nitrogens with one attached hydrogen (secondary N) is 1. The second-order valence-electron chi connectivity index (χ2n) is 4.76. The Morgan fingerprint density at radius 1 is 1.10 bits per heavy atom. The third-order valence-corrected chi connectivity index (χ3v) is 3.01. The summed E-state index contributed by atoms with van der Waals surface area (Å²) in [5, 5.41) is 12.9. The number of benzene rings is 2. The lowest BCUT2D eigenvalue weighted by Gasteiger charge is -2.11. The fraction of sp³-hybridized carbons (Fsp3) is 0.188. The van der Waals surface area contributed by atoms with Gasteiger partial charge in [0.25, 0.3) is 5.91 Å². The molecule has 20 heavy (non-hydrogen) atoms. The highest BCUT2D eigenvalue weighted by Gasteiger charge is 2.07. The van der Waals surface area contributed by atoms with Crippen molar-refractivity contribution >= 4 is 11.6 Å². The maximum atomic E-state index is 11.8. The van der Waals surface area contributed by atoms with Gasteiger partial charge in [0, 0.05) is 37.5 Å². The highest BCUT2D eigenvalue weighted by atomic mass is 16.3. The molecule has 0 radical (unpaired) electrons. The molecule has 2 N–H and O–H groups in total. The van der Waals surface area contributed by atoms with Crippen LogP contribution < -0.4 is 5.32 Å². The molecule has 0 heterocycles. The van der Waals surface area contributed by atoms with Gasteiger partial charge in [0.15, 0.2) is 0 Å². The Kier molecular flexibility index (Phi) is 4.25. The molecule has 0 saturated heterocycles. The second kappa shape index (κ2) is 6.10. The third kappa shape index (κ3) is 3.29. The highest BCUT2D eigenvalue weighted by molar-refractivity contribution is 5.94. The van der Waals surface area contributed by atoms with E-state index in [-0.39, 0.29) is 11.7 Å². The maximum Gasteiger partial charge on any atom is 0.253 e. The molecule has 2 aromatic carbocycles. The Labute approximate surface area is 118 Å². The number of amides is 1. The van der Waals surface area contributed by atoms with Gasteiger partial charge >= 0.3 is 0 Å². The number of hydrogen-bond donors (Lipinski definition) is 2. The Bertz CT molecular complexity index is 592. The average Bonchev–Trinajstić information content (AvgIpc) is 2.46. The monoisotopic (exact) mass is 270 g/mol. The number of rotatable bonds is 4. The minimum Gasteiger partial charge on any atom is -0.508 e. The first kappa shape index (κ1) is 13.9. The van der Waals surface area contributed by atoms with Crippen molar-refractivity contribution < 1.29 is 9.90 Å². The number of anilines is 1. The molecule has 2 rings (SSSR count). The summed E-state index contributed by atoms with van der Waals surface area (Å²) >= 11 is 0. The van der Waals surface area contributed by atoms with E-state index in [1.165, 1.54) is 0 Å². The molecule has 0 atom stereocenters. The van der Waals surface area contributed by atoms with Gasteiger partial charge in [0.05, 0.1) is 0 Å². The summed E-state index contributed by atoms with van der Waals surface area (Å²) in [7, 11) is 3.46.